The fourth-order valence-electron chi connectivity index (χ4n) is 0.972. The van der Waals surface area contributed by atoms with Crippen LogP contribution >= 0.6 is 11.3 Å². The van der Waals surface area contributed by atoms with Crippen LogP contribution in [0.5, 0.6) is 0 Å². The molecule has 1 heterocycles. The fourth-order valence-corrected chi connectivity index (χ4v) is 1.68. The van der Waals surface area contributed by atoms with Crippen molar-refractivity contribution < 1.29 is 4.74 Å². The van der Waals surface area contributed by atoms with E-state index in [1.165, 1.54) is 0 Å². The minimum atomic E-state index is -0.0490. The molecule has 4 heteroatoms. The zero-order chi connectivity index (χ0) is 9.03. The van der Waals surface area contributed by atoms with Crippen molar-refractivity contribution in [3.63, 3.8) is 0 Å². The molecule has 1 rings (SSSR count). The Hall–Kier alpha value is -0.610. The minimum Gasteiger partial charge on any atom is -0.382 e. The summed E-state index contributed by atoms with van der Waals surface area (Å²) in [4.78, 5) is 4.14. The van der Waals surface area contributed by atoms with Gasteiger partial charge < -0.3 is 10.1 Å². The Kier molecular flexibility index (Phi) is 3.05. The summed E-state index contributed by atoms with van der Waals surface area (Å²) in [5.74, 6) is 0. The molecule has 0 bridgehead atoms. The molecule has 0 aromatic carbocycles. The van der Waals surface area contributed by atoms with E-state index in [1.54, 1.807) is 24.6 Å². The first kappa shape index (κ1) is 9.48. The largest absolute Gasteiger partial charge is 0.382 e. The van der Waals surface area contributed by atoms with Gasteiger partial charge in [-0.25, -0.2) is 4.98 Å². The molecule has 1 aromatic heterocycles. The quantitative estimate of drug-likeness (QED) is 0.780. The van der Waals surface area contributed by atoms with E-state index in [2.05, 4.69) is 24.1 Å². The number of ether oxygens (including phenoxy) is 1. The minimum absolute atomic E-state index is 0.0490. The molecule has 0 aliphatic rings. The van der Waals surface area contributed by atoms with Crippen molar-refractivity contribution in [1.29, 1.82) is 0 Å². The van der Waals surface area contributed by atoms with Crippen LogP contribution in [0, 0.1) is 0 Å². The van der Waals surface area contributed by atoms with Gasteiger partial charge in [-0.05, 0) is 13.8 Å². The van der Waals surface area contributed by atoms with Crippen molar-refractivity contribution in [3.8, 4) is 0 Å². The molecule has 0 saturated carbocycles. The Balaban J connectivity index is 2.50. The van der Waals surface area contributed by atoms with Crippen molar-refractivity contribution in [2.45, 2.75) is 19.4 Å². The number of rotatable bonds is 4. The molecule has 1 aromatic rings. The number of anilines is 1. The number of thiazole rings is 1. The Morgan fingerprint density at radius 3 is 2.92 bits per heavy atom. The maximum atomic E-state index is 5.07. The van der Waals surface area contributed by atoms with Crippen LogP contribution in [0.2, 0.25) is 0 Å². The van der Waals surface area contributed by atoms with Crippen molar-refractivity contribution in [2.75, 3.05) is 19.0 Å². The molecule has 0 amide bonds. The average molecular weight is 186 g/mol. The molecule has 0 atom stereocenters. The summed E-state index contributed by atoms with van der Waals surface area (Å²) in [6, 6.07) is 0. The first-order valence-electron chi connectivity index (χ1n) is 3.81. The number of nitrogens with one attached hydrogen (secondary N) is 1. The predicted octanol–water partition coefficient (Wildman–Crippen LogP) is 1.98. The number of nitrogens with zero attached hydrogens (tertiary/aromatic N) is 1. The molecule has 68 valence electrons. The summed E-state index contributed by atoms with van der Waals surface area (Å²) in [5, 5.41) is 6.17. The summed E-state index contributed by atoms with van der Waals surface area (Å²) >= 11 is 1.60. The highest BCUT2D eigenvalue weighted by Gasteiger charge is 2.17. The highest BCUT2D eigenvalue weighted by Crippen LogP contribution is 2.17. The molecular formula is C8H14N2OS. The molecule has 0 aliphatic heterocycles. The van der Waals surface area contributed by atoms with E-state index in [0.717, 1.165) is 5.13 Å². The standard InChI is InChI=1S/C8H14N2OS/c1-8(2,6-11-3)10-7-9-4-5-12-7/h4-5H,6H2,1-3H3,(H,9,10). The first-order valence-corrected chi connectivity index (χ1v) is 4.69. The second kappa shape index (κ2) is 3.87. The summed E-state index contributed by atoms with van der Waals surface area (Å²) < 4.78 is 5.07. The third kappa shape index (κ3) is 2.79. The van der Waals surface area contributed by atoms with Gasteiger partial charge in [-0.1, -0.05) is 0 Å². The predicted molar refractivity (Wildman–Crippen MR) is 51.7 cm³/mol. The number of methoxy groups -OCH3 is 1. The van der Waals surface area contributed by atoms with Crippen LogP contribution in [0.3, 0.4) is 0 Å². The summed E-state index contributed by atoms with van der Waals surface area (Å²) in [5.41, 5.74) is -0.0490. The fraction of sp³-hybridized carbons (Fsp3) is 0.625. The zero-order valence-corrected chi connectivity index (χ0v) is 8.44. The van der Waals surface area contributed by atoms with Gasteiger partial charge in [0.2, 0.25) is 0 Å². The van der Waals surface area contributed by atoms with Crippen molar-refractivity contribution in [2.24, 2.45) is 0 Å². The Morgan fingerprint density at radius 2 is 2.42 bits per heavy atom. The van der Waals surface area contributed by atoms with E-state index in [0.29, 0.717) is 6.61 Å². The molecule has 0 spiro atoms. The highest BCUT2D eigenvalue weighted by molar-refractivity contribution is 7.13. The third-order valence-corrected chi connectivity index (χ3v) is 2.07. The average Bonchev–Trinajstić information content (AvgIpc) is 2.38. The van der Waals surface area contributed by atoms with E-state index < -0.39 is 0 Å². The van der Waals surface area contributed by atoms with Crippen LogP contribution < -0.4 is 5.32 Å². The lowest BCUT2D eigenvalue weighted by atomic mass is 10.1. The van der Waals surface area contributed by atoms with Gasteiger partial charge in [0.1, 0.15) is 0 Å². The maximum absolute atomic E-state index is 5.07. The first-order chi connectivity index (χ1) is 5.64. The van der Waals surface area contributed by atoms with Gasteiger partial charge in [0.05, 0.1) is 12.1 Å². The lowest BCUT2D eigenvalue weighted by Crippen LogP contribution is -2.35. The van der Waals surface area contributed by atoms with Gasteiger partial charge in [0.25, 0.3) is 0 Å². The molecule has 0 aliphatic carbocycles. The number of hydrogen-bond acceptors (Lipinski definition) is 4. The van der Waals surface area contributed by atoms with Gasteiger partial charge in [-0.15, -0.1) is 11.3 Å². The molecule has 3 nitrogen and oxygen atoms in total. The van der Waals surface area contributed by atoms with Gasteiger partial charge in [-0.2, -0.15) is 0 Å². The van der Waals surface area contributed by atoms with Gasteiger partial charge >= 0.3 is 0 Å². The molecule has 0 fully saturated rings. The zero-order valence-electron chi connectivity index (χ0n) is 7.63. The molecular weight excluding hydrogens is 172 g/mol. The van der Waals surface area contributed by atoms with E-state index in [-0.39, 0.29) is 5.54 Å². The van der Waals surface area contributed by atoms with Crippen molar-refractivity contribution in [1.82, 2.24) is 4.98 Å². The highest BCUT2D eigenvalue weighted by atomic mass is 32.1. The smallest absolute Gasteiger partial charge is 0.183 e. The second-order valence-corrected chi connectivity index (χ2v) is 4.17. The Morgan fingerprint density at radius 1 is 1.67 bits per heavy atom. The Bertz CT molecular complexity index is 221. The van der Waals surface area contributed by atoms with Crippen LogP contribution in [-0.4, -0.2) is 24.2 Å². The normalized spacial score (nSPS) is 11.6. The third-order valence-electron chi connectivity index (χ3n) is 1.38. The molecule has 0 unspecified atom stereocenters. The van der Waals surface area contributed by atoms with Crippen LogP contribution in [0.1, 0.15) is 13.8 Å². The van der Waals surface area contributed by atoms with E-state index in [4.69, 9.17) is 4.74 Å². The van der Waals surface area contributed by atoms with Crippen LogP contribution in [0.4, 0.5) is 5.13 Å². The van der Waals surface area contributed by atoms with Crippen LogP contribution in [0.25, 0.3) is 0 Å². The van der Waals surface area contributed by atoms with Crippen LogP contribution in [0.15, 0.2) is 11.6 Å². The van der Waals surface area contributed by atoms with Gasteiger partial charge in [0.15, 0.2) is 5.13 Å². The summed E-state index contributed by atoms with van der Waals surface area (Å²) in [6.45, 7) is 4.84. The maximum Gasteiger partial charge on any atom is 0.183 e. The number of hydrogen-bond donors (Lipinski definition) is 1. The number of aromatic nitrogens is 1. The lowest BCUT2D eigenvalue weighted by molar-refractivity contribution is 0.158. The molecule has 0 saturated heterocycles. The van der Waals surface area contributed by atoms with Gasteiger partial charge in [-0.3, -0.25) is 0 Å². The summed E-state index contributed by atoms with van der Waals surface area (Å²) in [6.07, 6.45) is 1.79. The topological polar surface area (TPSA) is 34.1 Å². The monoisotopic (exact) mass is 186 g/mol. The molecule has 1 N–H and O–H groups in total. The van der Waals surface area contributed by atoms with Crippen LogP contribution in [-0.2, 0) is 4.74 Å². The second-order valence-electron chi connectivity index (χ2n) is 3.28. The van der Waals surface area contributed by atoms with Crippen molar-refractivity contribution >= 4 is 16.5 Å². The summed E-state index contributed by atoms with van der Waals surface area (Å²) in [7, 11) is 1.70. The van der Waals surface area contributed by atoms with E-state index in [9.17, 15) is 0 Å². The SMILES string of the molecule is COCC(C)(C)Nc1nccs1. The van der Waals surface area contributed by atoms with Crippen molar-refractivity contribution in [3.05, 3.63) is 11.6 Å². The molecule has 12 heavy (non-hydrogen) atoms. The van der Waals surface area contributed by atoms with E-state index in [1.807, 2.05) is 5.38 Å². The molecule has 0 radical (unpaired) electrons. The lowest BCUT2D eigenvalue weighted by Gasteiger charge is -2.24. The van der Waals surface area contributed by atoms with E-state index >= 15 is 0 Å². The van der Waals surface area contributed by atoms with Gasteiger partial charge in [0, 0.05) is 18.7 Å². The Labute approximate surface area is 76.8 Å².